The van der Waals surface area contributed by atoms with Crippen molar-refractivity contribution in [1.29, 1.82) is 5.26 Å². The number of nitrogens with zero attached hydrogens (tertiary/aromatic N) is 2. The topological polar surface area (TPSA) is 97.0 Å². The van der Waals surface area contributed by atoms with Gasteiger partial charge in [-0.05, 0) is 39.6 Å². The fraction of sp³-hybridized carbons (Fsp3) is 0.0667. The minimum Gasteiger partial charge on any atom is -0.489 e. The van der Waals surface area contributed by atoms with E-state index in [1.165, 1.54) is 10.8 Å². The standard InChI is InChI=1S/C30H22N4O2/c31-17-25-26(27-28(20-9-2-1-3-10-20)33-34-30(27)36-29(25)32)21-12-7-14-23(16-21)35-18-22-13-6-11-19-8-4-5-15-24(19)22/h1-16,26H,18,32H2,(H,33,34). The van der Waals surface area contributed by atoms with Crippen LogP contribution in [0.3, 0.4) is 0 Å². The van der Waals surface area contributed by atoms with Crippen molar-refractivity contribution in [1.82, 2.24) is 10.2 Å². The van der Waals surface area contributed by atoms with E-state index >= 15 is 0 Å². The average Bonchev–Trinajstić information content (AvgIpc) is 3.35. The van der Waals surface area contributed by atoms with Crippen LogP contribution in [0.2, 0.25) is 0 Å². The normalized spacial score (nSPS) is 14.7. The van der Waals surface area contributed by atoms with E-state index in [0.29, 0.717) is 23.8 Å². The predicted molar refractivity (Wildman–Crippen MR) is 138 cm³/mol. The molecule has 3 N–H and O–H groups in total. The third-order valence-corrected chi connectivity index (χ3v) is 6.47. The number of nitrogens with two attached hydrogens (primary N) is 1. The molecule has 0 aliphatic carbocycles. The molecule has 4 aromatic carbocycles. The number of H-pyrrole nitrogens is 1. The van der Waals surface area contributed by atoms with Gasteiger partial charge in [0.1, 0.15) is 24.0 Å². The van der Waals surface area contributed by atoms with Gasteiger partial charge in [-0.15, -0.1) is 5.10 Å². The van der Waals surface area contributed by atoms with Crippen molar-refractivity contribution < 1.29 is 9.47 Å². The van der Waals surface area contributed by atoms with Gasteiger partial charge in [0.25, 0.3) is 0 Å². The first kappa shape index (κ1) is 21.5. The quantitative estimate of drug-likeness (QED) is 0.327. The van der Waals surface area contributed by atoms with Gasteiger partial charge in [0.15, 0.2) is 0 Å². The molecular weight excluding hydrogens is 448 g/mol. The number of aromatic amines is 1. The monoisotopic (exact) mass is 470 g/mol. The maximum absolute atomic E-state index is 10.0. The molecule has 6 nitrogen and oxygen atoms in total. The second kappa shape index (κ2) is 8.97. The number of hydrogen-bond acceptors (Lipinski definition) is 5. The second-order valence-electron chi connectivity index (χ2n) is 8.61. The summed E-state index contributed by atoms with van der Waals surface area (Å²) < 4.78 is 12.0. The molecule has 1 aliphatic heterocycles. The van der Waals surface area contributed by atoms with Gasteiger partial charge in [-0.25, -0.2) is 0 Å². The summed E-state index contributed by atoms with van der Waals surface area (Å²) in [4.78, 5) is 0. The van der Waals surface area contributed by atoms with Gasteiger partial charge in [-0.2, -0.15) is 5.26 Å². The summed E-state index contributed by atoms with van der Waals surface area (Å²) in [6.07, 6.45) is 0. The van der Waals surface area contributed by atoms with Crippen molar-refractivity contribution in [3.8, 4) is 29.0 Å². The van der Waals surface area contributed by atoms with Crippen LogP contribution < -0.4 is 15.2 Å². The first-order valence-corrected chi connectivity index (χ1v) is 11.6. The number of hydrogen-bond donors (Lipinski definition) is 2. The first-order valence-electron chi connectivity index (χ1n) is 11.6. The number of nitrogens with one attached hydrogen (secondary N) is 1. The Morgan fingerprint density at radius 1 is 0.944 bits per heavy atom. The maximum Gasteiger partial charge on any atom is 0.244 e. The summed E-state index contributed by atoms with van der Waals surface area (Å²) >= 11 is 0. The Hall–Kier alpha value is -5.02. The molecule has 174 valence electrons. The van der Waals surface area contributed by atoms with Crippen LogP contribution in [-0.2, 0) is 6.61 Å². The Morgan fingerprint density at radius 2 is 1.72 bits per heavy atom. The minimum atomic E-state index is -0.450. The molecule has 0 amide bonds. The number of ether oxygens (including phenoxy) is 2. The molecular formula is C30H22N4O2. The van der Waals surface area contributed by atoms with Crippen LogP contribution in [0.15, 0.2) is 109 Å². The lowest BCUT2D eigenvalue weighted by atomic mass is 9.83. The van der Waals surface area contributed by atoms with Gasteiger partial charge >= 0.3 is 0 Å². The van der Waals surface area contributed by atoms with Gasteiger partial charge in [-0.3, -0.25) is 5.10 Å². The van der Waals surface area contributed by atoms with E-state index in [2.05, 4.69) is 40.5 Å². The molecule has 0 radical (unpaired) electrons. The van der Waals surface area contributed by atoms with E-state index in [9.17, 15) is 5.26 Å². The summed E-state index contributed by atoms with van der Waals surface area (Å²) in [5, 5.41) is 19.8. The molecule has 0 bridgehead atoms. The zero-order valence-electron chi connectivity index (χ0n) is 19.3. The van der Waals surface area contributed by atoms with E-state index in [4.69, 9.17) is 15.2 Å². The van der Waals surface area contributed by atoms with Crippen molar-refractivity contribution in [2.45, 2.75) is 12.5 Å². The Balaban J connectivity index is 1.38. The molecule has 1 atom stereocenters. The number of benzene rings is 4. The van der Waals surface area contributed by atoms with Crippen molar-refractivity contribution in [2.75, 3.05) is 0 Å². The summed E-state index contributed by atoms with van der Waals surface area (Å²) in [5.74, 6) is 0.684. The van der Waals surface area contributed by atoms with Gasteiger partial charge in [-0.1, -0.05) is 84.9 Å². The Bertz CT molecular complexity index is 1640. The van der Waals surface area contributed by atoms with E-state index in [0.717, 1.165) is 27.9 Å². The Kier molecular flexibility index (Phi) is 5.36. The van der Waals surface area contributed by atoms with Crippen LogP contribution in [0.25, 0.3) is 22.0 Å². The van der Waals surface area contributed by atoms with Crippen molar-refractivity contribution in [3.63, 3.8) is 0 Å². The summed E-state index contributed by atoms with van der Waals surface area (Å²) in [7, 11) is 0. The smallest absolute Gasteiger partial charge is 0.244 e. The zero-order chi connectivity index (χ0) is 24.5. The number of fused-ring (bicyclic) bond motifs is 2. The van der Waals surface area contributed by atoms with Crippen LogP contribution in [-0.4, -0.2) is 10.2 Å². The highest BCUT2D eigenvalue weighted by Crippen LogP contribution is 2.46. The molecule has 5 aromatic rings. The predicted octanol–water partition coefficient (Wildman–Crippen LogP) is 6.03. The van der Waals surface area contributed by atoms with Crippen LogP contribution in [0.4, 0.5) is 0 Å². The summed E-state index contributed by atoms with van der Waals surface area (Å²) in [5.41, 5.74) is 11.0. The fourth-order valence-corrected chi connectivity index (χ4v) is 4.77. The lowest BCUT2D eigenvalue weighted by Gasteiger charge is -2.24. The van der Waals surface area contributed by atoms with Gasteiger partial charge < -0.3 is 15.2 Å². The third-order valence-electron chi connectivity index (χ3n) is 6.47. The number of aromatic nitrogens is 2. The SMILES string of the molecule is N#CC1=C(N)Oc2n[nH]c(-c3ccccc3)c2C1c1cccc(OCc2cccc3ccccc23)c1. The number of rotatable bonds is 5. The second-order valence-corrected chi connectivity index (χ2v) is 8.61. The van der Waals surface area contributed by atoms with E-state index in [1.54, 1.807) is 0 Å². The lowest BCUT2D eigenvalue weighted by molar-refractivity contribution is 0.307. The molecule has 1 aromatic heterocycles. The molecule has 0 saturated heterocycles. The highest BCUT2D eigenvalue weighted by Gasteiger charge is 2.35. The molecule has 0 spiro atoms. The van der Waals surface area contributed by atoms with E-state index < -0.39 is 5.92 Å². The van der Waals surface area contributed by atoms with E-state index in [-0.39, 0.29) is 5.88 Å². The minimum absolute atomic E-state index is 0.0585. The fourth-order valence-electron chi connectivity index (χ4n) is 4.77. The molecule has 6 heteroatoms. The maximum atomic E-state index is 10.0. The lowest BCUT2D eigenvalue weighted by Crippen LogP contribution is -2.21. The molecule has 36 heavy (non-hydrogen) atoms. The van der Waals surface area contributed by atoms with Crippen LogP contribution >= 0.6 is 0 Å². The third kappa shape index (κ3) is 3.73. The summed E-state index contributed by atoms with van der Waals surface area (Å²) in [6, 6.07) is 34.3. The van der Waals surface area contributed by atoms with Crippen molar-refractivity contribution >= 4 is 10.8 Å². The van der Waals surface area contributed by atoms with E-state index in [1.807, 2.05) is 72.8 Å². The van der Waals surface area contributed by atoms with Crippen LogP contribution in [0.1, 0.15) is 22.6 Å². The van der Waals surface area contributed by atoms with Crippen LogP contribution in [0.5, 0.6) is 11.6 Å². The summed E-state index contributed by atoms with van der Waals surface area (Å²) in [6.45, 7) is 0.424. The molecule has 1 unspecified atom stereocenters. The first-order chi connectivity index (χ1) is 17.7. The highest BCUT2D eigenvalue weighted by molar-refractivity contribution is 5.85. The van der Waals surface area contributed by atoms with Crippen molar-refractivity contribution in [3.05, 3.63) is 125 Å². The molecule has 6 rings (SSSR count). The highest BCUT2D eigenvalue weighted by atomic mass is 16.5. The van der Waals surface area contributed by atoms with Crippen molar-refractivity contribution in [2.24, 2.45) is 5.73 Å². The van der Waals surface area contributed by atoms with Crippen LogP contribution in [0, 0.1) is 11.3 Å². The number of nitriles is 1. The van der Waals surface area contributed by atoms with Gasteiger partial charge in [0, 0.05) is 0 Å². The molecule has 1 aliphatic rings. The zero-order valence-corrected chi connectivity index (χ0v) is 19.3. The Labute approximate surface area is 208 Å². The number of allylic oxidation sites excluding steroid dienone is 1. The largest absolute Gasteiger partial charge is 0.489 e. The molecule has 0 saturated carbocycles. The Morgan fingerprint density at radius 3 is 2.58 bits per heavy atom. The average molecular weight is 471 g/mol. The van der Waals surface area contributed by atoms with Gasteiger partial charge in [0.2, 0.25) is 11.8 Å². The molecule has 0 fully saturated rings. The van der Waals surface area contributed by atoms with Gasteiger partial charge in [0.05, 0.1) is 17.2 Å². The molecule has 2 heterocycles.